The van der Waals surface area contributed by atoms with Crippen molar-refractivity contribution < 1.29 is 4.39 Å². The number of rotatable bonds is 1. The van der Waals surface area contributed by atoms with Crippen molar-refractivity contribution in [3.05, 3.63) is 71.0 Å². The summed E-state index contributed by atoms with van der Waals surface area (Å²) in [7, 11) is 0. The Balaban J connectivity index is 2.02. The molecule has 4 aromatic rings. The first-order chi connectivity index (χ1) is 12.3. The number of hydrogen-bond donors (Lipinski definition) is 0. The summed E-state index contributed by atoms with van der Waals surface area (Å²) in [6.07, 6.45) is 2.86. The maximum atomic E-state index is 13.4. The van der Waals surface area contributed by atoms with Crippen molar-refractivity contribution in [2.24, 2.45) is 0 Å². The molecule has 0 spiro atoms. The second kappa shape index (κ2) is 5.15. The largest absolute Gasteiger partial charge is 0.291 e. The van der Waals surface area contributed by atoms with Crippen LogP contribution in [0.4, 0.5) is 4.39 Å². The van der Waals surface area contributed by atoms with E-state index in [4.69, 9.17) is 4.98 Å². The predicted octanol–water partition coefficient (Wildman–Crippen LogP) is 4.65. The molecule has 5 rings (SSSR count). The van der Waals surface area contributed by atoms with Gasteiger partial charge in [-0.3, -0.25) is 4.40 Å². The van der Waals surface area contributed by atoms with Crippen LogP contribution < -0.4 is 0 Å². The van der Waals surface area contributed by atoms with Gasteiger partial charge in [-0.1, -0.05) is 12.1 Å². The van der Waals surface area contributed by atoms with Crippen molar-refractivity contribution in [1.29, 1.82) is 5.26 Å². The average molecular weight is 327 g/mol. The van der Waals surface area contributed by atoms with Gasteiger partial charge in [-0.15, -0.1) is 0 Å². The minimum Gasteiger partial charge on any atom is -0.291 e. The molecule has 3 nitrogen and oxygen atoms in total. The zero-order valence-electron chi connectivity index (χ0n) is 13.5. The van der Waals surface area contributed by atoms with E-state index in [1.54, 1.807) is 0 Å². The third-order valence-corrected chi connectivity index (χ3v) is 5.04. The Morgan fingerprint density at radius 1 is 1.00 bits per heavy atom. The van der Waals surface area contributed by atoms with Crippen molar-refractivity contribution in [1.82, 2.24) is 9.38 Å². The Kier molecular flexibility index (Phi) is 2.92. The van der Waals surface area contributed by atoms with Crippen molar-refractivity contribution in [3.63, 3.8) is 0 Å². The van der Waals surface area contributed by atoms with Crippen molar-refractivity contribution >= 4 is 16.7 Å². The Morgan fingerprint density at radius 2 is 1.76 bits per heavy atom. The third kappa shape index (κ3) is 1.93. The zero-order chi connectivity index (χ0) is 17.0. The molecule has 2 aromatic carbocycles. The number of fused-ring (bicyclic) bond motifs is 4. The number of benzene rings is 2. The monoisotopic (exact) mass is 327 g/mol. The fourth-order valence-electron chi connectivity index (χ4n) is 4.00. The van der Waals surface area contributed by atoms with Crippen LogP contribution in [0, 0.1) is 17.1 Å². The highest BCUT2D eigenvalue weighted by Crippen LogP contribution is 2.38. The van der Waals surface area contributed by atoms with E-state index >= 15 is 0 Å². The SMILES string of the molecule is N#Cc1c2c(c(-c3ccc(F)cc3)n3c1nc1ccccc13)CCC2. The van der Waals surface area contributed by atoms with E-state index in [-0.39, 0.29) is 5.82 Å². The average Bonchev–Trinajstić information content (AvgIpc) is 3.25. The van der Waals surface area contributed by atoms with Gasteiger partial charge in [0.1, 0.15) is 11.9 Å². The lowest BCUT2D eigenvalue weighted by atomic mass is 9.99. The molecule has 2 heterocycles. The molecule has 0 bridgehead atoms. The molecule has 2 aromatic heterocycles. The number of aromatic nitrogens is 2. The minimum atomic E-state index is -0.249. The molecule has 0 saturated heterocycles. The predicted molar refractivity (Wildman–Crippen MR) is 94.8 cm³/mol. The van der Waals surface area contributed by atoms with Gasteiger partial charge in [0.25, 0.3) is 0 Å². The zero-order valence-corrected chi connectivity index (χ0v) is 13.5. The highest BCUT2D eigenvalue weighted by atomic mass is 19.1. The van der Waals surface area contributed by atoms with E-state index in [1.165, 1.54) is 17.7 Å². The number of pyridine rings is 1. The summed E-state index contributed by atoms with van der Waals surface area (Å²) < 4.78 is 15.5. The molecule has 0 atom stereocenters. The fraction of sp³-hybridized carbons (Fsp3) is 0.143. The summed E-state index contributed by atoms with van der Waals surface area (Å²) in [5, 5.41) is 9.77. The molecule has 0 aliphatic heterocycles. The van der Waals surface area contributed by atoms with Gasteiger partial charge in [0, 0.05) is 0 Å². The second-order valence-electron chi connectivity index (χ2n) is 6.41. The van der Waals surface area contributed by atoms with E-state index in [1.807, 2.05) is 36.4 Å². The number of imidazole rings is 1. The fourth-order valence-corrected chi connectivity index (χ4v) is 4.00. The first kappa shape index (κ1) is 14.2. The van der Waals surface area contributed by atoms with Crippen molar-refractivity contribution in [2.75, 3.05) is 0 Å². The summed E-state index contributed by atoms with van der Waals surface area (Å²) in [6, 6.07) is 16.9. The first-order valence-electron chi connectivity index (χ1n) is 8.39. The summed E-state index contributed by atoms with van der Waals surface area (Å²) in [5.41, 5.74) is 7.50. The van der Waals surface area contributed by atoms with Crippen LogP contribution >= 0.6 is 0 Å². The quantitative estimate of drug-likeness (QED) is 0.510. The highest BCUT2D eigenvalue weighted by molar-refractivity contribution is 5.88. The molecule has 1 aliphatic rings. The second-order valence-corrected chi connectivity index (χ2v) is 6.41. The molecule has 0 saturated carbocycles. The molecule has 0 N–H and O–H groups in total. The minimum absolute atomic E-state index is 0.249. The maximum Gasteiger partial charge on any atom is 0.156 e. The lowest BCUT2D eigenvalue weighted by Crippen LogP contribution is -2.03. The summed E-state index contributed by atoms with van der Waals surface area (Å²) in [5.74, 6) is -0.249. The van der Waals surface area contributed by atoms with Gasteiger partial charge in [0.05, 0.1) is 22.3 Å². The Hall–Kier alpha value is -3.19. The maximum absolute atomic E-state index is 13.4. The molecule has 0 unspecified atom stereocenters. The summed E-state index contributed by atoms with van der Waals surface area (Å²) in [4.78, 5) is 4.73. The van der Waals surface area contributed by atoms with Crippen LogP contribution in [0.3, 0.4) is 0 Å². The van der Waals surface area contributed by atoms with Gasteiger partial charge in [-0.2, -0.15) is 5.26 Å². The van der Waals surface area contributed by atoms with Gasteiger partial charge in [-0.25, -0.2) is 9.37 Å². The van der Waals surface area contributed by atoms with Crippen LogP contribution in [-0.2, 0) is 12.8 Å². The Bertz CT molecular complexity index is 1180. The standard InChI is InChI=1S/C21H14FN3/c22-14-10-8-13(9-11-14)20-16-5-3-4-15(16)17(12-23)21-24-18-6-1-2-7-19(18)25(20)21/h1-2,6-11H,3-5H2. The van der Waals surface area contributed by atoms with Gasteiger partial charge < -0.3 is 0 Å². The molecule has 0 radical (unpaired) electrons. The molecular weight excluding hydrogens is 313 g/mol. The molecule has 0 amide bonds. The van der Waals surface area contributed by atoms with Gasteiger partial charge in [0.2, 0.25) is 0 Å². The normalized spacial score (nSPS) is 13.3. The number of hydrogen-bond acceptors (Lipinski definition) is 2. The van der Waals surface area contributed by atoms with Crippen molar-refractivity contribution in [3.8, 4) is 17.3 Å². The molecule has 4 heteroatoms. The topological polar surface area (TPSA) is 41.1 Å². The van der Waals surface area contributed by atoms with E-state index in [2.05, 4.69) is 10.5 Å². The van der Waals surface area contributed by atoms with E-state index in [0.717, 1.165) is 47.1 Å². The highest BCUT2D eigenvalue weighted by Gasteiger charge is 2.26. The van der Waals surface area contributed by atoms with Crippen molar-refractivity contribution in [2.45, 2.75) is 19.3 Å². The van der Waals surface area contributed by atoms with E-state index in [9.17, 15) is 9.65 Å². The van der Waals surface area contributed by atoms with Crippen LogP contribution in [0.25, 0.3) is 27.9 Å². The molecule has 0 fully saturated rings. The third-order valence-electron chi connectivity index (χ3n) is 5.04. The lowest BCUT2D eigenvalue weighted by molar-refractivity contribution is 0.628. The number of para-hydroxylation sites is 2. The Morgan fingerprint density at radius 3 is 2.56 bits per heavy atom. The van der Waals surface area contributed by atoms with Gasteiger partial charge in [0.15, 0.2) is 5.65 Å². The molecule has 1 aliphatic carbocycles. The van der Waals surface area contributed by atoms with Crippen LogP contribution in [0.2, 0.25) is 0 Å². The summed E-state index contributed by atoms with van der Waals surface area (Å²) >= 11 is 0. The van der Waals surface area contributed by atoms with Crippen LogP contribution in [-0.4, -0.2) is 9.38 Å². The van der Waals surface area contributed by atoms with E-state index < -0.39 is 0 Å². The number of nitrogens with zero attached hydrogens (tertiary/aromatic N) is 3. The first-order valence-corrected chi connectivity index (χ1v) is 8.39. The van der Waals surface area contributed by atoms with Gasteiger partial charge in [-0.05, 0) is 72.4 Å². The Labute approximate surface area is 144 Å². The molecule has 120 valence electrons. The van der Waals surface area contributed by atoms with Crippen LogP contribution in [0.5, 0.6) is 0 Å². The molecular formula is C21H14FN3. The van der Waals surface area contributed by atoms with Crippen LogP contribution in [0.15, 0.2) is 48.5 Å². The van der Waals surface area contributed by atoms with E-state index in [0.29, 0.717) is 11.2 Å². The molecule has 25 heavy (non-hydrogen) atoms. The number of nitriles is 1. The lowest BCUT2D eigenvalue weighted by Gasteiger charge is -2.15. The number of halogens is 1. The summed E-state index contributed by atoms with van der Waals surface area (Å²) in [6.45, 7) is 0. The van der Waals surface area contributed by atoms with Crippen LogP contribution in [0.1, 0.15) is 23.1 Å². The van der Waals surface area contributed by atoms with Gasteiger partial charge >= 0.3 is 0 Å². The smallest absolute Gasteiger partial charge is 0.156 e.